The highest BCUT2D eigenvalue weighted by Gasteiger charge is 2.21. The van der Waals surface area contributed by atoms with Crippen LogP contribution in [0.5, 0.6) is 0 Å². The number of hydrogen-bond acceptors (Lipinski definition) is 2. The van der Waals surface area contributed by atoms with Gasteiger partial charge in [-0.1, -0.05) is 23.8 Å². The summed E-state index contributed by atoms with van der Waals surface area (Å²) in [6.45, 7) is 0. The van der Waals surface area contributed by atoms with Gasteiger partial charge in [0.2, 0.25) is 0 Å². The molecule has 0 aromatic heterocycles. The number of carboxylic acid groups (broad SMARTS) is 1. The number of Topliss-reactive ketones (excluding diaryl/α,β-unsaturated/α-hetero) is 1. The van der Waals surface area contributed by atoms with Crippen LogP contribution in [-0.4, -0.2) is 16.9 Å². The van der Waals surface area contributed by atoms with Crippen molar-refractivity contribution >= 4 is 23.4 Å². The quantitative estimate of drug-likeness (QED) is 0.829. The lowest BCUT2D eigenvalue weighted by atomic mass is 9.95. The van der Waals surface area contributed by atoms with Gasteiger partial charge in [0.25, 0.3) is 0 Å². The molecule has 3 heteroatoms. The number of rotatable bonds is 4. The minimum atomic E-state index is -0.914. The number of ketones is 1. The van der Waals surface area contributed by atoms with E-state index >= 15 is 0 Å². The number of carboxylic acids is 1. The number of benzene rings is 1. The van der Waals surface area contributed by atoms with Crippen molar-refractivity contribution in [2.45, 2.75) is 38.5 Å². The molecule has 0 amide bonds. The van der Waals surface area contributed by atoms with Crippen molar-refractivity contribution in [1.82, 2.24) is 0 Å². The lowest BCUT2D eigenvalue weighted by Gasteiger charge is -2.08. The molecule has 19 heavy (non-hydrogen) atoms. The minimum Gasteiger partial charge on any atom is -0.481 e. The Balaban J connectivity index is 2.03. The van der Waals surface area contributed by atoms with Crippen LogP contribution in [0.4, 0.5) is 0 Å². The molecule has 98 valence electrons. The normalized spacial score (nSPS) is 15.9. The summed E-state index contributed by atoms with van der Waals surface area (Å²) in [7, 11) is 0. The fraction of sp³-hybridized carbons (Fsp3) is 0.375. The first-order valence-corrected chi connectivity index (χ1v) is 6.76. The molecule has 0 saturated carbocycles. The molecule has 3 nitrogen and oxygen atoms in total. The maximum Gasteiger partial charge on any atom is 0.303 e. The molecular weight excluding hydrogens is 240 g/mol. The third kappa shape index (κ3) is 2.09. The second kappa shape index (κ2) is 4.65. The predicted octanol–water partition coefficient (Wildman–Crippen LogP) is 1.41. The van der Waals surface area contributed by atoms with Crippen LogP contribution in [0.3, 0.4) is 0 Å². The van der Waals surface area contributed by atoms with E-state index in [1.54, 1.807) is 0 Å². The molecule has 0 atom stereocenters. The Bertz CT molecular complexity index is 683. The van der Waals surface area contributed by atoms with E-state index in [9.17, 15) is 9.59 Å². The summed E-state index contributed by atoms with van der Waals surface area (Å²) < 4.78 is 0. The van der Waals surface area contributed by atoms with Crippen LogP contribution in [0, 0.1) is 0 Å². The van der Waals surface area contributed by atoms with Gasteiger partial charge in [0.05, 0.1) is 6.42 Å². The number of aliphatic carboxylic acids is 1. The molecule has 2 aliphatic rings. The van der Waals surface area contributed by atoms with Crippen LogP contribution in [0.25, 0.3) is 11.6 Å². The van der Waals surface area contributed by atoms with E-state index in [2.05, 4.69) is 6.08 Å². The molecule has 2 aliphatic carbocycles. The Morgan fingerprint density at radius 3 is 2.74 bits per heavy atom. The number of carbonyl (C=O) groups excluding carboxylic acids is 1. The Hall–Kier alpha value is -1.90. The molecule has 0 bridgehead atoms. The van der Waals surface area contributed by atoms with Crippen molar-refractivity contribution < 1.29 is 14.7 Å². The van der Waals surface area contributed by atoms with Gasteiger partial charge in [-0.3, -0.25) is 9.59 Å². The molecule has 0 heterocycles. The van der Waals surface area contributed by atoms with Gasteiger partial charge in [-0.25, -0.2) is 0 Å². The topological polar surface area (TPSA) is 54.4 Å². The fourth-order valence-electron chi connectivity index (χ4n) is 3.18. The van der Waals surface area contributed by atoms with Crippen LogP contribution >= 0.6 is 0 Å². The summed E-state index contributed by atoms with van der Waals surface area (Å²) in [5, 5.41) is 11.2. The van der Waals surface area contributed by atoms with Crippen molar-refractivity contribution in [3.63, 3.8) is 0 Å². The van der Waals surface area contributed by atoms with E-state index in [4.69, 9.17) is 5.11 Å². The van der Waals surface area contributed by atoms with Gasteiger partial charge in [0.15, 0.2) is 5.78 Å². The van der Waals surface area contributed by atoms with Crippen molar-refractivity contribution in [2.24, 2.45) is 0 Å². The average Bonchev–Trinajstić information content (AvgIpc) is 2.83. The smallest absolute Gasteiger partial charge is 0.303 e. The first-order valence-electron chi connectivity index (χ1n) is 6.76. The van der Waals surface area contributed by atoms with Gasteiger partial charge in [-0.2, -0.15) is 0 Å². The highest BCUT2D eigenvalue weighted by atomic mass is 16.4. The van der Waals surface area contributed by atoms with Crippen LogP contribution < -0.4 is 10.4 Å². The summed E-state index contributed by atoms with van der Waals surface area (Å²) in [5.41, 5.74) is 3.37. The first-order chi connectivity index (χ1) is 9.16. The van der Waals surface area contributed by atoms with E-state index < -0.39 is 5.97 Å². The zero-order chi connectivity index (χ0) is 13.4. The fourth-order valence-corrected chi connectivity index (χ4v) is 3.18. The molecule has 0 spiro atoms. The molecule has 0 aliphatic heterocycles. The minimum absolute atomic E-state index is 0.0352. The van der Waals surface area contributed by atoms with Crippen molar-refractivity contribution in [3.8, 4) is 0 Å². The molecule has 0 radical (unpaired) electrons. The molecule has 1 N–H and O–H groups in total. The van der Waals surface area contributed by atoms with E-state index in [0.717, 1.165) is 36.8 Å². The predicted molar refractivity (Wildman–Crippen MR) is 72.3 cm³/mol. The van der Waals surface area contributed by atoms with Gasteiger partial charge < -0.3 is 5.11 Å². The molecule has 0 unspecified atom stereocenters. The number of carbonyl (C=O) groups is 2. The number of hydrogen-bond donors (Lipinski definition) is 1. The van der Waals surface area contributed by atoms with Gasteiger partial charge in [0.1, 0.15) is 0 Å². The van der Waals surface area contributed by atoms with Crippen molar-refractivity contribution in [3.05, 3.63) is 33.7 Å². The molecule has 1 aromatic rings. The zero-order valence-electron chi connectivity index (χ0n) is 10.7. The van der Waals surface area contributed by atoms with E-state index in [1.807, 2.05) is 12.1 Å². The largest absolute Gasteiger partial charge is 0.481 e. The lowest BCUT2D eigenvalue weighted by Crippen LogP contribution is -2.31. The SMILES string of the molecule is O=C(O)CCC(=O)c1ccc2c3c1CCC=3CCC=2. The Morgan fingerprint density at radius 2 is 1.95 bits per heavy atom. The Morgan fingerprint density at radius 1 is 1.11 bits per heavy atom. The summed E-state index contributed by atoms with van der Waals surface area (Å²) in [6, 6.07) is 3.89. The van der Waals surface area contributed by atoms with E-state index in [1.165, 1.54) is 16.0 Å². The summed E-state index contributed by atoms with van der Waals surface area (Å²) in [6.07, 6.45) is 6.43. The third-order valence-corrected chi connectivity index (χ3v) is 4.05. The molecule has 0 saturated heterocycles. The first kappa shape index (κ1) is 12.2. The molecule has 3 rings (SSSR count). The molecular formula is C16H16O3. The maximum absolute atomic E-state index is 12.2. The van der Waals surface area contributed by atoms with Crippen molar-refractivity contribution in [1.29, 1.82) is 0 Å². The highest BCUT2D eigenvalue weighted by Crippen LogP contribution is 2.23. The van der Waals surface area contributed by atoms with Crippen LogP contribution in [0.15, 0.2) is 12.1 Å². The second-order valence-electron chi connectivity index (χ2n) is 5.22. The van der Waals surface area contributed by atoms with Gasteiger partial charge in [-0.15, -0.1) is 0 Å². The van der Waals surface area contributed by atoms with Gasteiger partial charge in [-0.05, 0) is 41.7 Å². The third-order valence-electron chi connectivity index (χ3n) is 4.05. The summed E-state index contributed by atoms with van der Waals surface area (Å²) in [5.74, 6) is -0.949. The molecule has 0 fully saturated rings. The summed E-state index contributed by atoms with van der Waals surface area (Å²) in [4.78, 5) is 22.7. The maximum atomic E-state index is 12.2. The van der Waals surface area contributed by atoms with E-state index in [-0.39, 0.29) is 18.6 Å². The van der Waals surface area contributed by atoms with E-state index in [0.29, 0.717) is 0 Å². The second-order valence-corrected chi connectivity index (χ2v) is 5.22. The lowest BCUT2D eigenvalue weighted by molar-refractivity contribution is -0.136. The Labute approximate surface area is 111 Å². The highest BCUT2D eigenvalue weighted by molar-refractivity contribution is 5.99. The monoisotopic (exact) mass is 256 g/mol. The van der Waals surface area contributed by atoms with Gasteiger partial charge >= 0.3 is 5.97 Å². The Kier molecular flexibility index (Phi) is 2.97. The van der Waals surface area contributed by atoms with Crippen LogP contribution in [0.1, 0.15) is 48.0 Å². The van der Waals surface area contributed by atoms with Gasteiger partial charge in [0, 0.05) is 12.0 Å². The van der Waals surface area contributed by atoms with Crippen LogP contribution in [-0.2, 0) is 11.2 Å². The summed E-state index contributed by atoms with van der Waals surface area (Å²) >= 11 is 0. The van der Waals surface area contributed by atoms with Crippen LogP contribution in [0.2, 0.25) is 0 Å². The molecule has 1 aromatic carbocycles. The zero-order valence-corrected chi connectivity index (χ0v) is 10.7. The van der Waals surface area contributed by atoms with Crippen molar-refractivity contribution in [2.75, 3.05) is 0 Å². The average molecular weight is 256 g/mol. The standard InChI is InChI=1S/C16H16O3/c17-14(8-9-15(18)19)12-6-4-10-2-1-3-11-5-7-13(12)16(10)11/h2,4,6H,1,3,5,7-9H2,(H,18,19).